The van der Waals surface area contributed by atoms with Gasteiger partial charge in [-0.1, -0.05) is 0 Å². The average molecular weight is 274 g/mol. The number of H-pyrrole nitrogens is 1. The molecule has 0 atom stereocenters. The lowest BCUT2D eigenvalue weighted by Gasteiger charge is -2.09. The highest BCUT2D eigenvalue weighted by molar-refractivity contribution is 5.38. The Morgan fingerprint density at radius 2 is 1.95 bits per heavy atom. The minimum Gasteiger partial charge on any atom is -0.406 e. The van der Waals surface area contributed by atoms with E-state index in [0.29, 0.717) is 5.69 Å². The van der Waals surface area contributed by atoms with E-state index in [2.05, 4.69) is 14.9 Å². The van der Waals surface area contributed by atoms with Crippen LogP contribution >= 0.6 is 0 Å². The van der Waals surface area contributed by atoms with E-state index in [4.69, 9.17) is 5.73 Å². The second kappa shape index (κ2) is 4.76. The van der Waals surface area contributed by atoms with Gasteiger partial charge >= 0.3 is 12.1 Å². The highest BCUT2D eigenvalue weighted by Gasteiger charge is 2.31. The summed E-state index contributed by atoms with van der Waals surface area (Å²) in [6, 6.07) is 4.80. The van der Waals surface area contributed by atoms with Crippen LogP contribution in [0.5, 0.6) is 5.75 Å². The molecule has 3 N–H and O–H groups in total. The Bertz CT molecular complexity index is 615. The third-order valence-corrected chi connectivity index (χ3v) is 2.25. The summed E-state index contributed by atoms with van der Waals surface area (Å²) in [6.07, 6.45) is -4.75. The fraction of sp³-hybridized carbons (Fsp3) is 0.200. The first-order valence-electron chi connectivity index (χ1n) is 5.13. The van der Waals surface area contributed by atoms with Crippen LogP contribution in [-0.4, -0.2) is 21.1 Å². The van der Waals surface area contributed by atoms with Gasteiger partial charge in [-0.25, -0.2) is 14.5 Å². The number of halogens is 3. The van der Waals surface area contributed by atoms with E-state index in [0.717, 1.165) is 16.7 Å². The van der Waals surface area contributed by atoms with Crippen molar-refractivity contribution in [3.05, 3.63) is 40.6 Å². The summed E-state index contributed by atoms with van der Waals surface area (Å²) < 4.78 is 40.9. The van der Waals surface area contributed by atoms with Crippen LogP contribution in [0.1, 0.15) is 5.82 Å². The van der Waals surface area contributed by atoms with Crippen LogP contribution in [0.15, 0.2) is 29.1 Å². The third-order valence-electron chi connectivity index (χ3n) is 2.25. The molecule has 102 valence electrons. The van der Waals surface area contributed by atoms with Gasteiger partial charge in [-0.2, -0.15) is 5.10 Å². The number of alkyl halides is 3. The molecule has 0 saturated heterocycles. The lowest BCUT2D eigenvalue weighted by atomic mass is 10.3. The zero-order chi connectivity index (χ0) is 14.0. The summed E-state index contributed by atoms with van der Waals surface area (Å²) in [5.74, 6) is -0.100. The van der Waals surface area contributed by atoms with Crippen LogP contribution in [0.2, 0.25) is 0 Å². The van der Waals surface area contributed by atoms with Crippen LogP contribution in [0.3, 0.4) is 0 Å². The summed E-state index contributed by atoms with van der Waals surface area (Å²) in [6.45, 7) is 0.0134. The Balaban J connectivity index is 2.33. The van der Waals surface area contributed by atoms with E-state index < -0.39 is 12.1 Å². The summed E-state index contributed by atoms with van der Waals surface area (Å²) in [7, 11) is 0. The lowest BCUT2D eigenvalue weighted by molar-refractivity contribution is -0.274. The van der Waals surface area contributed by atoms with Crippen molar-refractivity contribution >= 4 is 0 Å². The van der Waals surface area contributed by atoms with Crippen LogP contribution in [-0.2, 0) is 6.54 Å². The molecule has 2 aromatic rings. The smallest absolute Gasteiger partial charge is 0.406 e. The molecule has 2 rings (SSSR count). The standard InChI is InChI=1S/C10H9F3N4O2/c11-10(12,13)19-7-3-1-6(2-4-7)17-8(5-14)15-16-9(17)18/h1-4H,5,14H2,(H,16,18). The fourth-order valence-electron chi connectivity index (χ4n) is 1.53. The van der Waals surface area contributed by atoms with Gasteiger partial charge in [-0.3, -0.25) is 0 Å². The topological polar surface area (TPSA) is 85.9 Å². The number of aromatic amines is 1. The molecule has 6 nitrogen and oxygen atoms in total. The van der Waals surface area contributed by atoms with Crippen LogP contribution in [0.4, 0.5) is 13.2 Å². The van der Waals surface area contributed by atoms with Crippen molar-refractivity contribution in [1.29, 1.82) is 0 Å². The monoisotopic (exact) mass is 274 g/mol. The molecule has 0 spiro atoms. The molecule has 0 fully saturated rings. The zero-order valence-electron chi connectivity index (χ0n) is 9.44. The number of rotatable bonds is 3. The van der Waals surface area contributed by atoms with Gasteiger partial charge in [0.15, 0.2) is 5.82 Å². The molecule has 1 heterocycles. The molecule has 0 bridgehead atoms. The lowest BCUT2D eigenvalue weighted by Crippen LogP contribution is -2.19. The highest BCUT2D eigenvalue weighted by Crippen LogP contribution is 2.23. The van der Waals surface area contributed by atoms with Gasteiger partial charge < -0.3 is 10.5 Å². The molecule has 0 radical (unpaired) electrons. The van der Waals surface area contributed by atoms with Crippen molar-refractivity contribution in [3.8, 4) is 11.4 Å². The van der Waals surface area contributed by atoms with Crippen LogP contribution < -0.4 is 16.2 Å². The maximum atomic E-state index is 12.0. The second-order valence-corrected chi connectivity index (χ2v) is 3.53. The molecule has 0 saturated carbocycles. The van der Waals surface area contributed by atoms with E-state index in [1.807, 2.05) is 0 Å². The zero-order valence-corrected chi connectivity index (χ0v) is 9.44. The van der Waals surface area contributed by atoms with Crippen molar-refractivity contribution < 1.29 is 17.9 Å². The molecule has 1 aromatic heterocycles. The molecule has 0 aliphatic carbocycles. The minimum absolute atomic E-state index is 0.0134. The number of nitrogens with one attached hydrogen (secondary N) is 1. The molecule has 0 unspecified atom stereocenters. The first kappa shape index (κ1) is 13.1. The second-order valence-electron chi connectivity index (χ2n) is 3.53. The molecule has 0 aliphatic heterocycles. The van der Waals surface area contributed by atoms with Gasteiger partial charge in [0.2, 0.25) is 0 Å². The largest absolute Gasteiger partial charge is 0.573 e. The molecule has 0 amide bonds. The number of hydrogen-bond donors (Lipinski definition) is 2. The number of nitrogens with zero attached hydrogens (tertiary/aromatic N) is 2. The fourth-order valence-corrected chi connectivity index (χ4v) is 1.53. The summed E-state index contributed by atoms with van der Waals surface area (Å²) >= 11 is 0. The maximum Gasteiger partial charge on any atom is 0.573 e. The van der Waals surface area contributed by atoms with Crippen LogP contribution in [0.25, 0.3) is 5.69 Å². The maximum absolute atomic E-state index is 12.0. The number of ether oxygens (including phenoxy) is 1. The van der Waals surface area contributed by atoms with Gasteiger partial charge in [0.1, 0.15) is 5.75 Å². The molecule has 9 heteroatoms. The normalized spacial score (nSPS) is 11.6. The summed E-state index contributed by atoms with van der Waals surface area (Å²) in [5, 5.41) is 5.89. The average Bonchev–Trinajstić information content (AvgIpc) is 2.69. The van der Waals surface area contributed by atoms with E-state index in [1.165, 1.54) is 12.1 Å². The quantitative estimate of drug-likeness (QED) is 0.871. The highest BCUT2D eigenvalue weighted by atomic mass is 19.4. The van der Waals surface area contributed by atoms with E-state index in [9.17, 15) is 18.0 Å². The van der Waals surface area contributed by atoms with Crippen molar-refractivity contribution in [2.45, 2.75) is 12.9 Å². The predicted octanol–water partition coefficient (Wildman–Crippen LogP) is 0.918. The van der Waals surface area contributed by atoms with Gasteiger partial charge in [0.25, 0.3) is 0 Å². The number of nitrogens with two attached hydrogens (primary N) is 1. The SMILES string of the molecule is NCc1n[nH]c(=O)n1-c1ccc(OC(F)(F)F)cc1. The Hall–Kier alpha value is -2.29. The van der Waals surface area contributed by atoms with E-state index in [-0.39, 0.29) is 18.1 Å². The van der Waals surface area contributed by atoms with Crippen LogP contribution in [0, 0.1) is 0 Å². The first-order chi connectivity index (χ1) is 8.90. The molecule has 19 heavy (non-hydrogen) atoms. The van der Waals surface area contributed by atoms with Gasteiger partial charge in [-0.05, 0) is 24.3 Å². The number of aromatic nitrogens is 3. The predicted molar refractivity (Wildman–Crippen MR) is 58.8 cm³/mol. The van der Waals surface area contributed by atoms with Crippen molar-refractivity contribution in [2.75, 3.05) is 0 Å². The van der Waals surface area contributed by atoms with E-state index >= 15 is 0 Å². The number of hydrogen-bond acceptors (Lipinski definition) is 4. The Morgan fingerprint density at radius 3 is 2.47 bits per heavy atom. The van der Waals surface area contributed by atoms with Gasteiger partial charge in [0.05, 0.1) is 12.2 Å². The molecular formula is C10H9F3N4O2. The Morgan fingerprint density at radius 1 is 1.32 bits per heavy atom. The molecular weight excluding hydrogens is 265 g/mol. The Kier molecular flexibility index (Phi) is 3.30. The third kappa shape index (κ3) is 2.94. The Labute approximate surface area is 104 Å². The molecule has 1 aromatic carbocycles. The summed E-state index contributed by atoms with van der Waals surface area (Å²) in [5.41, 5.74) is 5.22. The minimum atomic E-state index is -4.75. The van der Waals surface area contributed by atoms with Gasteiger partial charge in [0, 0.05) is 0 Å². The first-order valence-corrected chi connectivity index (χ1v) is 5.13. The summed E-state index contributed by atoms with van der Waals surface area (Å²) in [4.78, 5) is 11.5. The van der Waals surface area contributed by atoms with Crippen molar-refractivity contribution in [1.82, 2.24) is 14.8 Å². The number of benzene rings is 1. The van der Waals surface area contributed by atoms with Crippen molar-refractivity contribution in [2.24, 2.45) is 5.73 Å². The molecule has 0 aliphatic rings. The van der Waals surface area contributed by atoms with Crippen molar-refractivity contribution in [3.63, 3.8) is 0 Å². The van der Waals surface area contributed by atoms with E-state index in [1.54, 1.807) is 0 Å². The van der Waals surface area contributed by atoms with Gasteiger partial charge in [-0.15, -0.1) is 13.2 Å².